The molecule has 130 valence electrons. The summed E-state index contributed by atoms with van der Waals surface area (Å²) in [6.07, 6.45) is 8.25. The van der Waals surface area contributed by atoms with Crippen LogP contribution in [0.25, 0.3) is 0 Å². The highest BCUT2D eigenvalue weighted by Crippen LogP contribution is 2.39. The number of anilines is 1. The molecule has 0 aliphatic heterocycles. The van der Waals surface area contributed by atoms with Gasteiger partial charge in [-0.2, -0.15) is 5.10 Å². The number of hydrogen-bond donors (Lipinski definition) is 2. The Hall–Kier alpha value is -1.04. The Kier molecular flexibility index (Phi) is 5.52. The lowest BCUT2D eigenvalue weighted by Crippen LogP contribution is -2.30. The molecule has 3 rings (SSSR count). The van der Waals surface area contributed by atoms with E-state index in [0.29, 0.717) is 5.92 Å². The van der Waals surface area contributed by atoms with Gasteiger partial charge in [-0.25, -0.2) is 10.4 Å². The summed E-state index contributed by atoms with van der Waals surface area (Å²) in [7, 11) is 0. The maximum Gasteiger partial charge on any atom is 0.291 e. The first-order valence-electron chi connectivity index (χ1n) is 8.13. The molecule has 2 fully saturated rings. The van der Waals surface area contributed by atoms with Crippen molar-refractivity contribution in [2.24, 2.45) is 16.9 Å². The topological polar surface area (TPSA) is 80.4 Å². The van der Waals surface area contributed by atoms with Gasteiger partial charge in [0, 0.05) is 5.71 Å². The van der Waals surface area contributed by atoms with Crippen molar-refractivity contribution < 1.29 is 4.79 Å². The number of halogens is 3. The van der Waals surface area contributed by atoms with E-state index >= 15 is 0 Å². The Labute approximate surface area is 155 Å². The minimum absolute atomic E-state index is 0.0157. The van der Waals surface area contributed by atoms with Crippen LogP contribution in [0.4, 0.5) is 5.69 Å². The van der Waals surface area contributed by atoms with Gasteiger partial charge in [-0.1, -0.05) is 54.1 Å². The molecule has 2 aliphatic carbocycles. The molecule has 2 aliphatic rings. The van der Waals surface area contributed by atoms with E-state index in [9.17, 15) is 4.79 Å². The molecule has 0 radical (unpaired) electrons. The maximum absolute atomic E-state index is 12.3. The second-order valence-electron chi connectivity index (χ2n) is 6.46. The number of pyridine rings is 1. The van der Waals surface area contributed by atoms with Crippen LogP contribution in [-0.2, 0) is 0 Å². The van der Waals surface area contributed by atoms with Crippen LogP contribution in [0.3, 0.4) is 0 Å². The summed E-state index contributed by atoms with van der Waals surface area (Å²) in [5.74, 6) is 0.980. The number of hydrogen-bond acceptors (Lipinski definition) is 4. The highest BCUT2D eigenvalue weighted by molar-refractivity contribution is 6.46. The van der Waals surface area contributed by atoms with Crippen LogP contribution < -0.4 is 11.2 Å². The molecular weight excluding hydrogens is 371 g/mol. The number of fused-ring (bicyclic) bond motifs is 1. The molecule has 0 unspecified atom stereocenters. The predicted molar refractivity (Wildman–Crippen MR) is 97.9 cm³/mol. The molecule has 0 spiro atoms. The van der Waals surface area contributed by atoms with Gasteiger partial charge in [0.1, 0.15) is 5.02 Å². The molecule has 5 nitrogen and oxygen atoms in total. The summed E-state index contributed by atoms with van der Waals surface area (Å²) in [6, 6.07) is 0. The van der Waals surface area contributed by atoms with Crippen molar-refractivity contribution in [3.63, 3.8) is 0 Å². The zero-order valence-electron chi connectivity index (χ0n) is 13.1. The SMILES string of the molecule is Nc1c(Cl)c(Cl)nc(C(=O)N/N=C2/CC[C@H]3CCCC[C@H]3C2)c1Cl. The largest absolute Gasteiger partial charge is 0.396 e. The zero-order chi connectivity index (χ0) is 17.3. The number of rotatable bonds is 2. The Bertz CT molecular complexity index is 692. The Morgan fingerprint density at radius 1 is 1.12 bits per heavy atom. The van der Waals surface area contributed by atoms with E-state index in [1.54, 1.807) is 0 Å². The second kappa shape index (κ2) is 7.46. The molecule has 0 saturated heterocycles. The molecule has 2 atom stereocenters. The lowest BCUT2D eigenvalue weighted by molar-refractivity contribution is 0.0949. The summed E-state index contributed by atoms with van der Waals surface area (Å²) in [6.45, 7) is 0. The van der Waals surface area contributed by atoms with Gasteiger partial charge in [0.05, 0.1) is 10.7 Å². The summed E-state index contributed by atoms with van der Waals surface area (Å²) < 4.78 is 0. The van der Waals surface area contributed by atoms with Crippen molar-refractivity contribution in [2.75, 3.05) is 5.73 Å². The van der Waals surface area contributed by atoms with E-state index in [2.05, 4.69) is 15.5 Å². The van der Waals surface area contributed by atoms with Gasteiger partial charge in [0.2, 0.25) is 0 Å². The number of amides is 1. The van der Waals surface area contributed by atoms with Crippen molar-refractivity contribution in [3.8, 4) is 0 Å². The normalized spacial score (nSPS) is 25.4. The average Bonchev–Trinajstić information content (AvgIpc) is 2.60. The van der Waals surface area contributed by atoms with Crippen molar-refractivity contribution in [1.82, 2.24) is 10.4 Å². The summed E-state index contributed by atoms with van der Waals surface area (Å²) in [5.41, 5.74) is 9.25. The van der Waals surface area contributed by atoms with Crippen LogP contribution >= 0.6 is 34.8 Å². The number of nitrogens with one attached hydrogen (secondary N) is 1. The van der Waals surface area contributed by atoms with Gasteiger partial charge in [-0.15, -0.1) is 0 Å². The van der Waals surface area contributed by atoms with Gasteiger partial charge < -0.3 is 5.73 Å². The first-order chi connectivity index (χ1) is 11.5. The first kappa shape index (κ1) is 17.8. The average molecular weight is 390 g/mol. The lowest BCUT2D eigenvalue weighted by atomic mass is 9.70. The van der Waals surface area contributed by atoms with E-state index < -0.39 is 5.91 Å². The Morgan fingerprint density at radius 3 is 2.58 bits per heavy atom. The van der Waals surface area contributed by atoms with Gasteiger partial charge in [-0.3, -0.25) is 4.79 Å². The molecule has 1 amide bonds. The lowest BCUT2D eigenvalue weighted by Gasteiger charge is -2.35. The predicted octanol–water partition coefficient (Wildman–Crippen LogP) is 4.70. The fourth-order valence-corrected chi connectivity index (χ4v) is 4.25. The number of nitrogens with zero attached hydrogens (tertiary/aromatic N) is 2. The first-order valence-corrected chi connectivity index (χ1v) is 9.26. The van der Waals surface area contributed by atoms with Crippen LogP contribution in [0.15, 0.2) is 5.10 Å². The van der Waals surface area contributed by atoms with Crippen molar-refractivity contribution in [3.05, 3.63) is 20.9 Å². The number of hydrazone groups is 1. The molecule has 0 bridgehead atoms. The highest BCUT2D eigenvalue weighted by atomic mass is 35.5. The van der Waals surface area contributed by atoms with E-state index in [-0.39, 0.29) is 26.6 Å². The number of nitrogens with two attached hydrogens (primary N) is 1. The van der Waals surface area contributed by atoms with Gasteiger partial charge in [0.15, 0.2) is 10.8 Å². The molecule has 1 aromatic rings. The van der Waals surface area contributed by atoms with Gasteiger partial charge in [-0.05, 0) is 37.5 Å². The van der Waals surface area contributed by atoms with E-state index in [1.807, 2.05) is 0 Å². The van der Waals surface area contributed by atoms with Gasteiger partial charge in [0.25, 0.3) is 5.91 Å². The maximum atomic E-state index is 12.3. The molecule has 24 heavy (non-hydrogen) atoms. The minimum atomic E-state index is -0.538. The van der Waals surface area contributed by atoms with Crippen molar-refractivity contribution >= 4 is 52.1 Å². The van der Waals surface area contributed by atoms with E-state index in [0.717, 1.165) is 30.9 Å². The van der Waals surface area contributed by atoms with Crippen LogP contribution in [0, 0.1) is 11.8 Å². The molecule has 1 heterocycles. The Balaban J connectivity index is 1.69. The zero-order valence-corrected chi connectivity index (χ0v) is 15.4. The summed E-state index contributed by atoms with van der Waals surface area (Å²) in [5, 5.41) is 4.24. The Morgan fingerprint density at radius 2 is 1.83 bits per heavy atom. The third-order valence-corrected chi connectivity index (χ3v) is 6.11. The smallest absolute Gasteiger partial charge is 0.291 e. The minimum Gasteiger partial charge on any atom is -0.396 e. The van der Waals surface area contributed by atoms with Crippen molar-refractivity contribution in [1.29, 1.82) is 0 Å². The van der Waals surface area contributed by atoms with Crippen LogP contribution in [0.2, 0.25) is 15.2 Å². The molecule has 3 N–H and O–H groups in total. The second-order valence-corrected chi connectivity index (χ2v) is 7.57. The van der Waals surface area contributed by atoms with Crippen LogP contribution in [-0.4, -0.2) is 16.6 Å². The quantitative estimate of drug-likeness (QED) is 0.568. The summed E-state index contributed by atoms with van der Waals surface area (Å²) in [4.78, 5) is 16.2. The molecule has 2 saturated carbocycles. The fraction of sp³-hybridized carbons (Fsp3) is 0.562. The number of aromatic nitrogens is 1. The van der Waals surface area contributed by atoms with E-state index in [4.69, 9.17) is 40.5 Å². The number of nitrogen functional groups attached to an aromatic ring is 1. The van der Waals surface area contributed by atoms with Gasteiger partial charge >= 0.3 is 0 Å². The monoisotopic (exact) mass is 388 g/mol. The fourth-order valence-electron chi connectivity index (χ4n) is 3.66. The highest BCUT2D eigenvalue weighted by Gasteiger charge is 2.30. The van der Waals surface area contributed by atoms with E-state index in [1.165, 1.54) is 25.7 Å². The van der Waals surface area contributed by atoms with Crippen LogP contribution in [0.1, 0.15) is 55.4 Å². The molecule has 8 heteroatoms. The number of carbonyl (C=O) groups excluding carboxylic acids is 1. The molecule has 0 aromatic carbocycles. The standard InChI is InChI=1S/C16H19Cl3N4O/c17-11-13(20)12(18)15(19)21-14(11)16(24)23-22-10-6-5-8-3-1-2-4-9(8)7-10/h8-9H,1-7H2,(H2,20,21)(H,23,24)/b22-10-/t8-,9+/m1/s1. The van der Waals surface area contributed by atoms with Crippen molar-refractivity contribution in [2.45, 2.75) is 44.9 Å². The molecule has 1 aromatic heterocycles. The summed E-state index contributed by atoms with van der Waals surface area (Å²) >= 11 is 17.8. The third-order valence-electron chi connectivity index (χ3n) is 4.97. The third kappa shape index (κ3) is 3.63. The van der Waals surface area contributed by atoms with Crippen LogP contribution in [0.5, 0.6) is 0 Å². The number of carbonyl (C=O) groups is 1. The molecular formula is C16H19Cl3N4O.